The summed E-state index contributed by atoms with van der Waals surface area (Å²) in [7, 11) is 3.09. The highest BCUT2D eigenvalue weighted by Crippen LogP contribution is 2.41. The minimum Gasteiger partial charge on any atom is -0.497 e. The molecule has 1 aromatic rings. The van der Waals surface area contributed by atoms with Crippen molar-refractivity contribution in [2.24, 2.45) is 0 Å². The largest absolute Gasteiger partial charge is 0.497 e. The van der Waals surface area contributed by atoms with Crippen LogP contribution in [0.2, 0.25) is 0 Å². The van der Waals surface area contributed by atoms with Crippen molar-refractivity contribution in [2.45, 2.75) is 31.7 Å². The van der Waals surface area contributed by atoms with Crippen molar-refractivity contribution in [2.75, 3.05) is 20.8 Å². The molecule has 0 heterocycles. The van der Waals surface area contributed by atoms with Crippen LogP contribution in [0.1, 0.15) is 30.9 Å². The van der Waals surface area contributed by atoms with Crippen LogP contribution in [-0.2, 0) is 21.5 Å². The van der Waals surface area contributed by atoms with E-state index in [4.69, 9.17) is 9.47 Å². The van der Waals surface area contributed by atoms with Crippen LogP contribution in [0.4, 0.5) is 0 Å². The standard InChI is InChI=1S/C15H21NO3/c1-4-16-15(10-14(17)19-3)8-7-11-5-6-12(18-2)9-13(11)15/h5-6,9,16H,4,7-8,10H2,1-3H3. The van der Waals surface area contributed by atoms with E-state index in [0.29, 0.717) is 6.42 Å². The Morgan fingerprint density at radius 1 is 1.42 bits per heavy atom. The number of nitrogens with one attached hydrogen (secondary N) is 1. The fraction of sp³-hybridized carbons (Fsp3) is 0.533. The van der Waals surface area contributed by atoms with Gasteiger partial charge in [-0.15, -0.1) is 0 Å². The SMILES string of the molecule is CCNC1(CC(=O)OC)CCc2ccc(OC)cc21. The number of carbonyl (C=O) groups is 1. The Kier molecular flexibility index (Phi) is 4.10. The van der Waals surface area contributed by atoms with Crippen LogP contribution in [0.15, 0.2) is 18.2 Å². The van der Waals surface area contributed by atoms with Gasteiger partial charge < -0.3 is 14.8 Å². The zero-order chi connectivity index (χ0) is 13.9. The van der Waals surface area contributed by atoms with Gasteiger partial charge in [0.05, 0.1) is 26.2 Å². The van der Waals surface area contributed by atoms with Crippen molar-refractivity contribution in [1.82, 2.24) is 5.32 Å². The maximum Gasteiger partial charge on any atom is 0.307 e. The first-order valence-electron chi connectivity index (χ1n) is 6.64. The Hall–Kier alpha value is -1.55. The molecule has 4 nitrogen and oxygen atoms in total. The van der Waals surface area contributed by atoms with Crippen LogP contribution < -0.4 is 10.1 Å². The van der Waals surface area contributed by atoms with E-state index in [1.54, 1.807) is 7.11 Å². The number of hydrogen-bond acceptors (Lipinski definition) is 4. The van der Waals surface area contributed by atoms with Gasteiger partial charge in [-0.25, -0.2) is 0 Å². The molecule has 0 saturated heterocycles. The van der Waals surface area contributed by atoms with E-state index in [2.05, 4.69) is 18.3 Å². The van der Waals surface area contributed by atoms with Crippen LogP contribution in [0.5, 0.6) is 5.75 Å². The van der Waals surface area contributed by atoms with Gasteiger partial charge in [-0.2, -0.15) is 0 Å². The van der Waals surface area contributed by atoms with Crippen LogP contribution >= 0.6 is 0 Å². The number of ether oxygens (including phenoxy) is 2. The van der Waals surface area contributed by atoms with Gasteiger partial charge in [-0.05, 0) is 42.6 Å². The molecule has 2 rings (SSSR count). The van der Waals surface area contributed by atoms with Gasteiger partial charge in [0, 0.05) is 0 Å². The molecule has 0 aliphatic heterocycles. The van der Waals surface area contributed by atoms with Crippen molar-refractivity contribution in [3.8, 4) is 5.75 Å². The van der Waals surface area contributed by atoms with E-state index < -0.39 is 0 Å². The highest BCUT2D eigenvalue weighted by atomic mass is 16.5. The quantitative estimate of drug-likeness (QED) is 0.826. The summed E-state index contributed by atoms with van der Waals surface area (Å²) < 4.78 is 10.1. The number of carbonyl (C=O) groups excluding carboxylic acids is 1. The molecule has 0 amide bonds. The third-order valence-corrected chi connectivity index (χ3v) is 3.84. The van der Waals surface area contributed by atoms with Gasteiger partial charge in [0.25, 0.3) is 0 Å². The third kappa shape index (κ3) is 2.59. The Labute approximate surface area is 114 Å². The average molecular weight is 263 g/mol. The zero-order valence-corrected chi connectivity index (χ0v) is 11.8. The Morgan fingerprint density at radius 3 is 2.84 bits per heavy atom. The highest BCUT2D eigenvalue weighted by Gasteiger charge is 2.40. The Balaban J connectivity index is 2.39. The van der Waals surface area contributed by atoms with Crippen LogP contribution in [0, 0.1) is 0 Å². The molecule has 4 heteroatoms. The molecule has 0 bridgehead atoms. The van der Waals surface area contributed by atoms with Gasteiger partial charge in [0.15, 0.2) is 0 Å². The van der Waals surface area contributed by atoms with Gasteiger partial charge in [-0.1, -0.05) is 13.0 Å². The highest BCUT2D eigenvalue weighted by molar-refractivity contribution is 5.72. The first-order valence-corrected chi connectivity index (χ1v) is 6.64. The topological polar surface area (TPSA) is 47.6 Å². The van der Waals surface area contributed by atoms with E-state index in [1.165, 1.54) is 18.2 Å². The summed E-state index contributed by atoms with van der Waals surface area (Å²) in [5, 5.41) is 3.47. The molecular formula is C15H21NO3. The van der Waals surface area contributed by atoms with Gasteiger partial charge in [0.2, 0.25) is 0 Å². The van der Waals surface area contributed by atoms with E-state index in [0.717, 1.165) is 25.1 Å². The maximum atomic E-state index is 11.7. The molecule has 0 aromatic heterocycles. The molecule has 1 aromatic carbocycles. The molecule has 104 valence electrons. The van der Waals surface area contributed by atoms with E-state index in [9.17, 15) is 4.79 Å². The summed E-state index contributed by atoms with van der Waals surface area (Å²) in [5.41, 5.74) is 2.14. The first kappa shape index (κ1) is 13.9. The summed E-state index contributed by atoms with van der Waals surface area (Å²) in [6.07, 6.45) is 2.25. The molecule has 1 aliphatic rings. The smallest absolute Gasteiger partial charge is 0.307 e. The Morgan fingerprint density at radius 2 is 2.21 bits per heavy atom. The second kappa shape index (κ2) is 5.61. The lowest BCUT2D eigenvalue weighted by Crippen LogP contribution is -2.42. The summed E-state index contributed by atoms with van der Waals surface area (Å²) in [6, 6.07) is 6.09. The van der Waals surface area contributed by atoms with E-state index in [1.807, 2.05) is 12.1 Å². The lowest BCUT2D eigenvalue weighted by atomic mass is 9.88. The van der Waals surface area contributed by atoms with E-state index >= 15 is 0 Å². The maximum absolute atomic E-state index is 11.7. The monoisotopic (exact) mass is 263 g/mol. The number of methoxy groups -OCH3 is 2. The predicted molar refractivity (Wildman–Crippen MR) is 73.3 cm³/mol. The zero-order valence-electron chi connectivity index (χ0n) is 11.8. The number of esters is 1. The third-order valence-electron chi connectivity index (χ3n) is 3.84. The summed E-state index contributed by atoms with van der Waals surface area (Å²) in [4.78, 5) is 11.7. The molecule has 0 saturated carbocycles. The van der Waals surface area contributed by atoms with Crippen LogP contribution in [0.25, 0.3) is 0 Å². The molecule has 0 radical (unpaired) electrons. The molecule has 1 aliphatic carbocycles. The minimum absolute atomic E-state index is 0.184. The number of hydrogen-bond donors (Lipinski definition) is 1. The average Bonchev–Trinajstić information content (AvgIpc) is 2.77. The second-order valence-corrected chi connectivity index (χ2v) is 4.89. The lowest BCUT2D eigenvalue weighted by molar-refractivity contribution is -0.142. The molecule has 1 N–H and O–H groups in total. The number of aryl methyl sites for hydroxylation is 1. The minimum atomic E-state index is -0.314. The van der Waals surface area contributed by atoms with Crippen LogP contribution in [-0.4, -0.2) is 26.7 Å². The van der Waals surface area contributed by atoms with Crippen molar-refractivity contribution >= 4 is 5.97 Å². The number of benzene rings is 1. The molecule has 0 fully saturated rings. The lowest BCUT2D eigenvalue weighted by Gasteiger charge is -2.30. The number of fused-ring (bicyclic) bond motifs is 1. The predicted octanol–water partition coefficient (Wildman–Crippen LogP) is 2.01. The molecular weight excluding hydrogens is 242 g/mol. The second-order valence-electron chi connectivity index (χ2n) is 4.89. The molecule has 0 spiro atoms. The molecule has 1 atom stereocenters. The van der Waals surface area contributed by atoms with Crippen molar-refractivity contribution in [1.29, 1.82) is 0 Å². The van der Waals surface area contributed by atoms with Crippen molar-refractivity contribution in [3.05, 3.63) is 29.3 Å². The first-order chi connectivity index (χ1) is 9.15. The van der Waals surface area contributed by atoms with Crippen molar-refractivity contribution < 1.29 is 14.3 Å². The van der Waals surface area contributed by atoms with Crippen molar-refractivity contribution in [3.63, 3.8) is 0 Å². The Bertz CT molecular complexity index is 468. The van der Waals surface area contributed by atoms with E-state index in [-0.39, 0.29) is 11.5 Å². The van der Waals surface area contributed by atoms with Crippen LogP contribution in [0.3, 0.4) is 0 Å². The molecule has 19 heavy (non-hydrogen) atoms. The fourth-order valence-electron chi connectivity index (χ4n) is 2.92. The normalized spacial score (nSPS) is 21.0. The fourth-order valence-corrected chi connectivity index (χ4v) is 2.92. The van der Waals surface area contributed by atoms with Gasteiger partial charge >= 0.3 is 5.97 Å². The summed E-state index contributed by atoms with van der Waals surface area (Å²) in [5.74, 6) is 0.643. The van der Waals surface area contributed by atoms with Gasteiger partial charge in [-0.3, -0.25) is 4.79 Å². The summed E-state index contributed by atoms with van der Waals surface area (Å²) >= 11 is 0. The molecule has 1 unspecified atom stereocenters. The summed E-state index contributed by atoms with van der Waals surface area (Å²) in [6.45, 7) is 2.87. The van der Waals surface area contributed by atoms with Gasteiger partial charge in [0.1, 0.15) is 5.75 Å². The number of rotatable bonds is 5.